The smallest absolute Gasteiger partial charge is 0.191 e. The van der Waals surface area contributed by atoms with Gasteiger partial charge in [-0.05, 0) is 26.1 Å². The van der Waals surface area contributed by atoms with Gasteiger partial charge in [0.15, 0.2) is 5.96 Å². The van der Waals surface area contributed by atoms with Crippen molar-refractivity contribution < 1.29 is 4.74 Å². The van der Waals surface area contributed by atoms with Gasteiger partial charge in [0.2, 0.25) is 0 Å². The van der Waals surface area contributed by atoms with Crippen molar-refractivity contribution in [3.8, 4) is 0 Å². The Hall–Kier alpha value is -0.510. The maximum atomic E-state index is 5.75. The van der Waals surface area contributed by atoms with Crippen LogP contribution in [0.15, 0.2) is 40.2 Å². The van der Waals surface area contributed by atoms with Gasteiger partial charge in [0.1, 0.15) is 0 Å². The van der Waals surface area contributed by atoms with E-state index < -0.39 is 0 Å². The Balaban J connectivity index is 0.00000288. The number of morpholine rings is 1. The number of thioether (sulfide) groups is 1. The summed E-state index contributed by atoms with van der Waals surface area (Å²) in [7, 11) is 2.13. The molecule has 2 rings (SSSR count). The number of hydrogen-bond donors (Lipinski definition) is 2. The lowest BCUT2D eigenvalue weighted by atomic mass is 10.3. The average Bonchev–Trinajstić information content (AvgIpc) is 2.57. The molecule has 1 unspecified atom stereocenters. The number of ether oxygens (including phenoxy) is 1. The molecule has 1 saturated heterocycles. The summed E-state index contributed by atoms with van der Waals surface area (Å²) in [4.78, 5) is 8.24. The number of likely N-dealkylation sites (N-methyl/N-ethyl adjacent to an activating group) is 1. The van der Waals surface area contributed by atoms with Crippen molar-refractivity contribution in [1.82, 2.24) is 15.5 Å². The van der Waals surface area contributed by atoms with Crippen LogP contribution in [0.5, 0.6) is 0 Å². The first-order valence-corrected chi connectivity index (χ1v) is 9.26. The van der Waals surface area contributed by atoms with Crippen LogP contribution in [-0.2, 0) is 4.74 Å². The second kappa shape index (κ2) is 12.8. The first-order chi connectivity index (χ1) is 11.3. The van der Waals surface area contributed by atoms with Gasteiger partial charge in [-0.15, -0.1) is 35.7 Å². The fourth-order valence-corrected chi connectivity index (χ4v) is 3.16. The molecule has 1 aliphatic rings. The molecular formula is C17H29IN4OS. The normalized spacial score (nSPS) is 18.8. The lowest BCUT2D eigenvalue weighted by Crippen LogP contribution is -2.43. The van der Waals surface area contributed by atoms with E-state index in [0.29, 0.717) is 6.54 Å². The summed E-state index contributed by atoms with van der Waals surface area (Å²) in [6, 6.07) is 10.5. The quantitative estimate of drug-likeness (QED) is 0.213. The summed E-state index contributed by atoms with van der Waals surface area (Å²) in [5, 5.41) is 6.68. The van der Waals surface area contributed by atoms with E-state index in [2.05, 4.69) is 58.8 Å². The SMILES string of the molecule is CCNC(=NCC1CN(C)CCO1)NCCSc1ccccc1.I. The van der Waals surface area contributed by atoms with E-state index in [4.69, 9.17) is 4.74 Å². The molecule has 2 N–H and O–H groups in total. The summed E-state index contributed by atoms with van der Waals surface area (Å²) in [5.74, 6) is 1.88. The number of benzene rings is 1. The summed E-state index contributed by atoms with van der Waals surface area (Å²) in [6.45, 7) is 7.29. The van der Waals surface area contributed by atoms with Crippen molar-refractivity contribution in [1.29, 1.82) is 0 Å². The zero-order valence-corrected chi connectivity index (χ0v) is 17.7. The first-order valence-electron chi connectivity index (χ1n) is 8.28. The predicted octanol–water partition coefficient (Wildman–Crippen LogP) is 2.28. The summed E-state index contributed by atoms with van der Waals surface area (Å²) < 4.78 is 5.75. The van der Waals surface area contributed by atoms with Crippen molar-refractivity contribution in [2.24, 2.45) is 4.99 Å². The number of hydrogen-bond acceptors (Lipinski definition) is 4. The molecule has 0 spiro atoms. The molecule has 1 atom stereocenters. The number of halogens is 1. The highest BCUT2D eigenvalue weighted by atomic mass is 127. The van der Waals surface area contributed by atoms with Crippen LogP contribution in [0.1, 0.15) is 6.92 Å². The van der Waals surface area contributed by atoms with Crippen molar-refractivity contribution in [3.63, 3.8) is 0 Å². The van der Waals surface area contributed by atoms with Crippen LogP contribution in [0.3, 0.4) is 0 Å². The second-order valence-electron chi connectivity index (χ2n) is 5.56. The first kappa shape index (κ1) is 21.5. The van der Waals surface area contributed by atoms with Crippen LogP contribution >= 0.6 is 35.7 Å². The Morgan fingerprint density at radius 2 is 2.12 bits per heavy atom. The van der Waals surface area contributed by atoms with Gasteiger partial charge in [0.25, 0.3) is 0 Å². The third-order valence-electron chi connectivity index (χ3n) is 3.55. The van der Waals surface area contributed by atoms with E-state index in [1.54, 1.807) is 0 Å². The largest absolute Gasteiger partial charge is 0.374 e. The van der Waals surface area contributed by atoms with E-state index in [9.17, 15) is 0 Å². The van der Waals surface area contributed by atoms with Gasteiger partial charge in [-0.1, -0.05) is 18.2 Å². The van der Waals surface area contributed by atoms with Crippen molar-refractivity contribution in [2.45, 2.75) is 17.9 Å². The van der Waals surface area contributed by atoms with Crippen LogP contribution < -0.4 is 10.6 Å². The summed E-state index contributed by atoms with van der Waals surface area (Å²) in [6.07, 6.45) is 0.197. The minimum Gasteiger partial charge on any atom is -0.374 e. The van der Waals surface area contributed by atoms with Gasteiger partial charge in [0.05, 0.1) is 19.3 Å². The highest BCUT2D eigenvalue weighted by Crippen LogP contribution is 2.15. The van der Waals surface area contributed by atoms with Crippen molar-refractivity contribution in [3.05, 3.63) is 30.3 Å². The fraction of sp³-hybridized carbons (Fsp3) is 0.588. The van der Waals surface area contributed by atoms with E-state index in [1.165, 1.54) is 4.90 Å². The molecule has 0 saturated carbocycles. The standard InChI is InChI=1S/C17H28N4OS.HI/c1-3-18-17(20-13-15-14-21(2)10-11-22-15)19-9-12-23-16-7-5-4-6-8-16;/h4-8,15H,3,9-14H2,1-2H3,(H2,18,19,20);1H. The van der Waals surface area contributed by atoms with E-state index in [-0.39, 0.29) is 30.1 Å². The molecule has 1 aliphatic heterocycles. The van der Waals surface area contributed by atoms with Gasteiger partial charge in [-0.3, -0.25) is 4.99 Å². The molecule has 5 nitrogen and oxygen atoms in total. The monoisotopic (exact) mass is 464 g/mol. The molecule has 1 heterocycles. The maximum Gasteiger partial charge on any atom is 0.191 e. The van der Waals surface area contributed by atoms with Crippen LogP contribution in [0.2, 0.25) is 0 Å². The lowest BCUT2D eigenvalue weighted by molar-refractivity contribution is -0.0136. The summed E-state index contributed by atoms with van der Waals surface area (Å²) >= 11 is 1.85. The minimum atomic E-state index is 0. The molecule has 1 aromatic rings. The molecule has 136 valence electrons. The number of nitrogens with one attached hydrogen (secondary N) is 2. The summed E-state index contributed by atoms with van der Waals surface area (Å²) in [5.41, 5.74) is 0. The Kier molecular flexibility index (Phi) is 11.5. The minimum absolute atomic E-state index is 0. The number of aliphatic imine (C=N–C) groups is 1. The maximum absolute atomic E-state index is 5.75. The Labute approximate surface area is 167 Å². The van der Waals surface area contributed by atoms with Gasteiger partial charge in [-0.2, -0.15) is 0 Å². The second-order valence-corrected chi connectivity index (χ2v) is 6.73. The topological polar surface area (TPSA) is 48.9 Å². The molecule has 0 radical (unpaired) electrons. The van der Waals surface area contributed by atoms with Gasteiger partial charge < -0.3 is 20.3 Å². The molecule has 1 aromatic carbocycles. The molecule has 0 aliphatic carbocycles. The highest BCUT2D eigenvalue weighted by molar-refractivity contribution is 14.0. The van der Waals surface area contributed by atoms with Gasteiger partial charge in [-0.25, -0.2) is 0 Å². The Morgan fingerprint density at radius 1 is 1.33 bits per heavy atom. The third-order valence-corrected chi connectivity index (χ3v) is 4.56. The Bertz CT molecular complexity index is 475. The van der Waals surface area contributed by atoms with Crippen LogP contribution in [0.4, 0.5) is 0 Å². The van der Waals surface area contributed by atoms with Gasteiger partial charge in [0, 0.05) is 36.8 Å². The number of nitrogens with zero attached hydrogens (tertiary/aromatic N) is 2. The molecule has 7 heteroatoms. The van der Waals surface area contributed by atoms with E-state index in [1.807, 2.05) is 17.8 Å². The van der Waals surface area contributed by atoms with Crippen LogP contribution in [-0.4, -0.2) is 69.1 Å². The number of guanidine groups is 1. The fourth-order valence-electron chi connectivity index (χ4n) is 2.37. The molecule has 0 aromatic heterocycles. The molecule has 24 heavy (non-hydrogen) atoms. The number of rotatable bonds is 7. The van der Waals surface area contributed by atoms with E-state index >= 15 is 0 Å². The van der Waals surface area contributed by atoms with Crippen molar-refractivity contribution in [2.75, 3.05) is 52.1 Å². The lowest BCUT2D eigenvalue weighted by Gasteiger charge is -2.29. The van der Waals surface area contributed by atoms with Crippen LogP contribution in [0, 0.1) is 0 Å². The molecule has 0 amide bonds. The van der Waals surface area contributed by atoms with Crippen LogP contribution in [0.25, 0.3) is 0 Å². The Morgan fingerprint density at radius 3 is 2.83 bits per heavy atom. The zero-order valence-electron chi connectivity index (χ0n) is 14.5. The molecule has 0 bridgehead atoms. The average molecular weight is 464 g/mol. The zero-order chi connectivity index (χ0) is 16.3. The predicted molar refractivity (Wildman–Crippen MR) is 114 cm³/mol. The molecular weight excluding hydrogens is 435 g/mol. The third kappa shape index (κ3) is 8.55. The van der Waals surface area contributed by atoms with E-state index in [0.717, 1.165) is 44.5 Å². The molecule has 1 fully saturated rings. The van der Waals surface area contributed by atoms with Gasteiger partial charge >= 0.3 is 0 Å². The van der Waals surface area contributed by atoms with Crippen molar-refractivity contribution >= 4 is 41.7 Å². The highest BCUT2D eigenvalue weighted by Gasteiger charge is 2.17.